The predicted octanol–water partition coefficient (Wildman–Crippen LogP) is 1.64. The first-order valence-electron chi connectivity index (χ1n) is 7.50. The molecule has 0 unspecified atom stereocenters. The Balaban J connectivity index is 1.57. The normalized spacial score (nSPS) is 10.4. The second-order valence-electron chi connectivity index (χ2n) is 5.06. The van der Waals surface area contributed by atoms with Crippen molar-refractivity contribution in [2.75, 3.05) is 13.7 Å². The largest absolute Gasteiger partial charge is 0.496 e. The molecule has 0 aliphatic carbocycles. The van der Waals surface area contributed by atoms with Crippen LogP contribution in [0.15, 0.2) is 55.1 Å². The van der Waals surface area contributed by atoms with Crippen LogP contribution < -0.4 is 10.1 Å². The summed E-state index contributed by atoms with van der Waals surface area (Å²) in [6.45, 7) is 0.490. The first-order chi connectivity index (χ1) is 11.8. The van der Waals surface area contributed by atoms with Gasteiger partial charge in [0.2, 0.25) is 0 Å². The van der Waals surface area contributed by atoms with Crippen LogP contribution in [-0.2, 0) is 6.42 Å². The Bertz CT molecular complexity index is 800. The van der Waals surface area contributed by atoms with Crippen molar-refractivity contribution in [1.82, 2.24) is 25.1 Å². The van der Waals surface area contributed by atoms with Crippen LogP contribution in [0.3, 0.4) is 0 Å². The first-order valence-corrected chi connectivity index (χ1v) is 7.50. The second kappa shape index (κ2) is 7.36. The third-order valence-electron chi connectivity index (χ3n) is 3.52. The highest BCUT2D eigenvalue weighted by Gasteiger charge is 2.09. The van der Waals surface area contributed by atoms with E-state index in [4.69, 9.17) is 4.74 Å². The van der Waals surface area contributed by atoms with Crippen molar-refractivity contribution in [2.45, 2.75) is 6.42 Å². The van der Waals surface area contributed by atoms with Crippen LogP contribution in [0.4, 0.5) is 0 Å². The molecule has 2 heterocycles. The van der Waals surface area contributed by atoms with Crippen molar-refractivity contribution in [3.8, 4) is 11.6 Å². The van der Waals surface area contributed by atoms with Gasteiger partial charge in [0, 0.05) is 18.9 Å². The lowest BCUT2D eigenvalue weighted by atomic mass is 10.1. The number of nitrogens with one attached hydrogen (secondary N) is 1. The summed E-state index contributed by atoms with van der Waals surface area (Å²) in [5, 5.41) is 10.8. The zero-order chi connectivity index (χ0) is 16.8. The molecule has 3 rings (SSSR count). The van der Waals surface area contributed by atoms with Crippen molar-refractivity contribution >= 4 is 5.91 Å². The zero-order valence-corrected chi connectivity index (χ0v) is 13.2. The predicted molar refractivity (Wildman–Crippen MR) is 88.2 cm³/mol. The highest BCUT2D eigenvalue weighted by molar-refractivity contribution is 5.92. The van der Waals surface area contributed by atoms with Gasteiger partial charge in [0.05, 0.1) is 7.11 Å². The molecule has 122 valence electrons. The third kappa shape index (κ3) is 3.57. The van der Waals surface area contributed by atoms with E-state index in [0.29, 0.717) is 18.8 Å². The van der Waals surface area contributed by atoms with Crippen molar-refractivity contribution in [3.05, 3.63) is 66.4 Å². The fourth-order valence-electron chi connectivity index (χ4n) is 2.29. The second-order valence-corrected chi connectivity index (χ2v) is 5.06. The summed E-state index contributed by atoms with van der Waals surface area (Å²) in [5.41, 5.74) is 1.32. The Labute approximate surface area is 139 Å². The minimum Gasteiger partial charge on any atom is -0.496 e. The van der Waals surface area contributed by atoms with E-state index in [1.807, 2.05) is 24.3 Å². The van der Waals surface area contributed by atoms with Gasteiger partial charge in [-0.3, -0.25) is 9.36 Å². The minimum absolute atomic E-state index is 0.255. The fourth-order valence-corrected chi connectivity index (χ4v) is 2.29. The van der Waals surface area contributed by atoms with Crippen LogP contribution in [0.25, 0.3) is 5.82 Å². The number of benzene rings is 1. The zero-order valence-electron chi connectivity index (χ0n) is 13.2. The van der Waals surface area contributed by atoms with Crippen LogP contribution in [0.2, 0.25) is 0 Å². The highest BCUT2D eigenvalue weighted by Crippen LogP contribution is 2.17. The number of hydrogen-bond donors (Lipinski definition) is 1. The molecule has 24 heavy (non-hydrogen) atoms. The minimum atomic E-state index is -0.255. The van der Waals surface area contributed by atoms with E-state index < -0.39 is 0 Å². The van der Waals surface area contributed by atoms with Crippen LogP contribution in [0.1, 0.15) is 16.1 Å². The monoisotopic (exact) mass is 323 g/mol. The van der Waals surface area contributed by atoms with E-state index in [1.54, 1.807) is 42.5 Å². The van der Waals surface area contributed by atoms with Crippen molar-refractivity contribution in [3.63, 3.8) is 0 Å². The summed E-state index contributed by atoms with van der Waals surface area (Å²) in [6.07, 6.45) is 5.71. The molecule has 3 aromatic rings. The summed E-state index contributed by atoms with van der Waals surface area (Å²) < 4.78 is 7.01. The van der Waals surface area contributed by atoms with Gasteiger partial charge >= 0.3 is 0 Å². The molecule has 1 aromatic carbocycles. The molecule has 0 saturated carbocycles. The number of aromatic nitrogens is 4. The SMILES string of the molecule is COc1ccccc1CCNC(=O)c1ccc(-n2ccnc2)nn1. The number of amides is 1. The van der Waals surface area contributed by atoms with Gasteiger partial charge < -0.3 is 10.1 Å². The average molecular weight is 323 g/mol. The lowest BCUT2D eigenvalue weighted by Gasteiger charge is -2.09. The number of carbonyl (C=O) groups excluding carboxylic acids is 1. The summed E-state index contributed by atoms with van der Waals surface area (Å²) in [4.78, 5) is 16.1. The molecule has 7 heteroatoms. The molecule has 0 aliphatic rings. The third-order valence-corrected chi connectivity index (χ3v) is 3.52. The van der Waals surface area contributed by atoms with Gasteiger partial charge in [0.15, 0.2) is 11.5 Å². The Morgan fingerprint density at radius 3 is 2.79 bits per heavy atom. The maximum atomic E-state index is 12.1. The Morgan fingerprint density at radius 2 is 2.08 bits per heavy atom. The number of ether oxygens (including phenoxy) is 1. The Morgan fingerprint density at radius 1 is 1.21 bits per heavy atom. The Kier molecular flexibility index (Phi) is 4.81. The molecule has 0 spiro atoms. The van der Waals surface area contributed by atoms with Gasteiger partial charge in [0.1, 0.15) is 12.1 Å². The molecule has 0 aliphatic heterocycles. The molecule has 0 radical (unpaired) electrons. The van der Waals surface area contributed by atoms with Crippen LogP contribution in [0.5, 0.6) is 5.75 Å². The van der Waals surface area contributed by atoms with Crippen molar-refractivity contribution in [1.29, 1.82) is 0 Å². The standard InChI is InChI=1S/C17H17N5O2/c1-24-15-5-3-2-4-13(15)8-9-19-17(23)14-6-7-16(21-20-14)22-11-10-18-12-22/h2-7,10-12H,8-9H2,1H3,(H,19,23). The molecule has 0 saturated heterocycles. The number of carbonyl (C=O) groups is 1. The summed E-state index contributed by atoms with van der Waals surface area (Å²) >= 11 is 0. The smallest absolute Gasteiger partial charge is 0.271 e. The van der Waals surface area contributed by atoms with Crippen LogP contribution in [0, 0.1) is 0 Å². The van der Waals surface area contributed by atoms with Gasteiger partial charge in [0.25, 0.3) is 5.91 Å². The van der Waals surface area contributed by atoms with Gasteiger partial charge in [-0.05, 0) is 30.2 Å². The van der Waals surface area contributed by atoms with Crippen molar-refractivity contribution < 1.29 is 9.53 Å². The number of nitrogens with zero attached hydrogens (tertiary/aromatic N) is 4. The van der Waals surface area contributed by atoms with E-state index in [0.717, 1.165) is 11.3 Å². The summed E-state index contributed by atoms with van der Waals surface area (Å²) in [5.74, 6) is 1.17. The molecule has 7 nitrogen and oxygen atoms in total. The van der Waals surface area contributed by atoms with Gasteiger partial charge in [-0.1, -0.05) is 18.2 Å². The number of hydrogen-bond acceptors (Lipinski definition) is 5. The average Bonchev–Trinajstić information content (AvgIpc) is 3.17. The maximum Gasteiger partial charge on any atom is 0.271 e. The lowest BCUT2D eigenvalue weighted by molar-refractivity contribution is 0.0948. The van der Waals surface area contributed by atoms with Crippen LogP contribution in [-0.4, -0.2) is 39.3 Å². The molecule has 0 atom stereocenters. The number of rotatable bonds is 6. The van der Waals surface area contributed by atoms with Gasteiger partial charge in [-0.2, -0.15) is 0 Å². The maximum absolute atomic E-state index is 12.1. The van der Waals surface area contributed by atoms with E-state index in [2.05, 4.69) is 20.5 Å². The first kappa shape index (κ1) is 15.7. The van der Waals surface area contributed by atoms with Gasteiger partial charge in [-0.15, -0.1) is 10.2 Å². The number of imidazole rings is 1. The summed E-state index contributed by atoms with van der Waals surface area (Å²) in [7, 11) is 1.63. The van der Waals surface area contributed by atoms with Gasteiger partial charge in [-0.25, -0.2) is 4.98 Å². The van der Waals surface area contributed by atoms with E-state index in [-0.39, 0.29) is 11.6 Å². The molecular formula is C17H17N5O2. The van der Waals surface area contributed by atoms with Crippen LogP contribution >= 0.6 is 0 Å². The summed E-state index contributed by atoms with van der Waals surface area (Å²) in [6, 6.07) is 11.1. The molecule has 1 N–H and O–H groups in total. The van der Waals surface area contributed by atoms with E-state index in [9.17, 15) is 4.79 Å². The fraction of sp³-hybridized carbons (Fsp3) is 0.176. The molecule has 2 aromatic heterocycles. The lowest BCUT2D eigenvalue weighted by Crippen LogP contribution is -2.27. The van der Waals surface area contributed by atoms with E-state index in [1.165, 1.54) is 0 Å². The van der Waals surface area contributed by atoms with Crippen molar-refractivity contribution in [2.24, 2.45) is 0 Å². The molecular weight excluding hydrogens is 306 g/mol. The molecule has 0 fully saturated rings. The Hall–Kier alpha value is -3.22. The molecule has 1 amide bonds. The van der Waals surface area contributed by atoms with E-state index >= 15 is 0 Å². The quantitative estimate of drug-likeness (QED) is 0.746. The number of methoxy groups -OCH3 is 1. The molecule has 0 bridgehead atoms. The number of para-hydroxylation sites is 1. The topological polar surface area (TPSA) is 81.9 Å². The highest BCUT2D eigenvalue weighted by atomic mass is 16.5.